The summed E-state index contributed by atoms with van der Waals surface area (Å²) in [4.78, 5) is 26.7. The quantitative estimate of drug-likeness (QED) is 0.281. The van der Waals surface area contributed by atoms with Gasteiger partial charge in [-0.3, -0.25) is 9.78 Å². The molecule has 2 aromatic carbocycles. The molecule has 0 amide bonds. The maximum absolute atomic E-state index is 13.0. The Labute approximate surface area is 183 Å². The summed E-state index contributed by atoms with van der Waals surface area (Å²) >= 11 is 1.53. The molecule has 0 radical (unpaired) electrons. The minimum Gasteiger partial charge on any atom is -0.482 e. The summed E-state index contributed by atoms with van der Waals surface area (Å²) in [5.74, 6) is 0.307. The summed E-state index contributed by atoms with van der Waals surface area (Å²) < 4.78 is 6.95. The molecule has 8 nitrogen and oxygen atoms in total. The number of rotatable bonds is 8. The molecule has 2 heterocycles. The first-order valence-corrected chi connectivity index (χ1v) is 11.0. The highest BCUT2D eigenvalue weighted by Crippen LogP contribution is 2.32. The number of aromatic nitrogens is 3. The van der Waals surface area contributed by atoms with Gasteiger partial charge in [-0.15, -0.1) is 0 Å². The molecule has 3 aromatic rings. The first-order chi connectivity index (χ1) is 15.1. The minimum absolute atomic E-state index is 0.186. The Kier molecular flexibility index (Phi) is 6.22. The number of H-pyrrole nitrogens is 1. The number of nitrogens with zero attached hydrogens (tertiary/aromatic N) is 2. The number of carbonyl (C=O) groups is 1. The van der Waals surface area contributed by atoms with Crippen molar-refractivity contribution in [3.05, 3.63) is 64.4 Å². The number of fused-ring (bicyclic) bond motifs is 3. The van der Waals surface area contributed by atoms with Crippen molar-refractivity contribution >= 4 is 23.4 Å². The van der Waals surface area contributed by atoms with Gasteiger partial charge in [-0.05, 0) is 47.5 Å². The van der Waals surface area contributed by atoms with Crippen LogP contribution in [0, 0.1) is 0 Å². The van der Waals surface area contributed by atoms with Gasteiger partial charge in [0, 0.05) is 16.4 Å². The SMILES string of the molecule is CCCCSc1n[n+]2c(c(=O)[nH]1)-c1ccccc1N[C@@H]2c1ccc(OCC(=O)O)cc1. The van der Waals surface area contributed by atoms with Crippen molar-refractivity contribution < 1.29 is 19.3 Å². The molecule has 9 heteroatoms. The van der Waals surface area contributed by atoms with E-state index in [1.54, 1.807) is 16.8 Å². The second-order valence-electron chi connectivity index (χ2n) is 7.10. The van der Waals surface area contributed by atoms with Crippen LogP contribution in [0.1, 0.15) is 31.5 Å². The number of unbranched alkanes of at least 4 members (excludes halogenated alkanes) is 1. The Morgan fingerprint density at radius 2 is 2.00 bits per heavy atom. The van der Waals surface area contributed by atoms with E-state index in [1.165, 1.54) is 11.8 Å². The van der Waals surface area contributed by atoms with E-state index in [9.17, 15) is 9.59 Å². The van der Waals surface area contributed by atoms with E-state index >= 15 is 0 Å². The molecule has 0 saturated heterocycles. The molecule has 1 atom stereocenters. The molecule has 0 unspecified atom stereocenters. The Hall–Kier alpha value is -3.33. The Morgan fingerprint density at radius 3 is 2.74 bits per heavy atom. The number of ether oxygens (including phenoxy) is 1. The second kappa shape index (κ2) is 9.22. The van der Waals surface area contributed by atoms with Gasteiger partial charge in [0.2, 0.25) is 5.16 Å². The zero-order chi connectivity index (χ0) is 21.8. The molecule has 0 spiro atoms. The highest BCUT2D eigenvalue weighted by Gasteiger charge is 2.37. The third-order valence-electron chi connectivity index (χ3n) is 4.88. The van der Waals surface area contributed by atoms with Crippen LogP contribution in [0.4, 0.5) is 5.69 Å². The predicted octanol–water partition coefficient (Wildman–Crippen LogP) is 3.05. The van der Waals surface area contributed by atoms with E-state index < -0.39 is 18.7 Å². The van der Waals surface area contributed by atoms with Gasteiger partial charge in [-0.25, -0.2) is 4.79 Å². The van der Waals surface area contributed by atoms with Crippen LogP contribution in [-0.2, 0) is 4.79 Å². The molecule has 1 aliphatic heterocycles. The maximum Gasteiger partial charge on any atom is 0.341 e. The van der Waals surface area contributed by atoms with E-state index in [0.717, 1.165) is 35.4 Å². The van der Waals surface area contributed by atoms with Crippen molar-refractivity contribution in [1.29, 1.82) is 0 Å². The van der Waals surface area contributed by atoms with Gasteiger partial charge in [-0.1, -0.05) is 37.2 Å². The number of aliphatic carboxylic acids is 1. The van der Waals surface area contributed by atoms with Crippen LogP contribution in [0.2, 0.25) is 0 Å². The molecule has 0 fully saturated rings. The standard InChI is InChI=1S/C22H22N4O4S/c1-2-3-12-31-22-24-21(29)19-16-6-4-5-7-17(16)23-20(26(19)25-22)14-8-10-15(11-9-14)30-13-18(27)28/h4-11,20H,2-3,12-13H2,1H3,(H2,24,25,27,28,29)/p+1/t20-/m0/s1. The van der Waals surface area contributed by atoms with Crippen LogP contribution in [-0.4, -0.2) is 33.5 Å². The summed E-state index contributed by atoms with van der Waals surface area (Å²) in [6.45, 7) is 1.72. The summed E-state index contributed by atoms with van der Waals surface area (Å²) in [5, 5.41) is 17.6. The van der Waals surface area contributed by atoms with E-state index in [0.29, 0.717) is 16.6 Å². The van der Waals surface area contributed by atoms with E-state index in [1.807, 2.05) is 36.4 Å². The number of hydrogen-bond acceptors (Lipinski definition) is 6. The molecule has 0 bridgehead atoms. The molecule has 31 heavy (non-hydrogen) atoms. The van der Waals surface area contributed by atoms with Gasteiger partial charge in [0.1, 0.15) is 5.75 Å². The minimum atomic E-state index is -1.03. The topological polar surface area (TPSA) is 108 Å². The number of aromatic amines is 1. The van der Waals surface area contributed by atoms with Crippen LogP contribution < -0.4 is 20.3 Å². The van der Waals surface area contributed by atoms with Crippen LogP contribution in [0.5, 0.6) is 5.75 Å². The molecular weight excluding hydrogens is 416 g/mol. The number of carboxylic acid groups (broad SMARTS) is 1. The number of carboxylic acids is 1. The highest BCUT2D eigenvalue weighted by atomic mass is 32.2. The third kappa shape index (κ3) is 4.56. The largest absolute Gasteiger partial charge is 0.482 e. The average Bonchev–Trinajstić information content (AvgIpc) is 2.77. The Bertz CT molecular complexity index is 1150. The molecule has 0 aliphatic carbocycles. The van der Waals surface area contributed by atoms with Crippen LogP contribution in [0.15, 0.2) is 58.5 Å². The van der Waals surface area contributed by atoms with Crippen LogP contribution in [0.3, 0.4) is 0 Å². The lowest BCUT2D eigenvalue weighted by atomic mass is 10.0. The van der Waals surface area contributed by atoms with E-state index in [4.69, 9.17) is 14.9 Å². The zero-order valence-corrected chi connectivity index (χ0v) is 17.8. The number of anilines is 1. The highest BCUT2D eigenvalue weighted by molar-refractivity contribution is 7.99. The summed E-state index contributed by atoms with van der Waals surface area (Å²) in [6, 6.07) is 14.7. The molecule has 4 rings (SSSR count). The van der Waals surface area contributed by atoms with Crippen molar-refractivity contribution in [1.82, 2.24) is 10.1 Å². The molecule has 1 aromatic heterocycles. The van der Waals surface area contributed by atoms with Crippen molar-refractivity contribution in [2.24, 2.45) is 0 Å². The third-order valence-corrected chi connectivity index (χ3v) is 5.83. The first-order valence-electron chi connectivity index (χ1n) is 10.1. The summed E-state index contributed by atoms with van der Waals surface area (Å²) in [5.41, 5.74) is 2.81. The van der Waals surface area contributed by atoms with E-state index in [-0.39, 0.29) is 5.56 Å². The maximum atomic E-state index is 13.0. The fraction of sp³-hybridized carbons (Fsp3) is 0.273. The lowest BCUT2D eigenvalue weighted by Crippen LogP contribution is -2.55. The molecule has 3 N–H and O–H groups in total. The van der Waals surface area contributed by atoms with Gasteiger partial charge in [0.15, 0.2) is 6.61 Å². The molecular formula is C22H23N4O4S+. The Morgan fingerprint density at radius 1 is 1.23 bits per heavy atom. The van der Waals surface area contributed by atoms with E-state index in [2.05, 4.69) is 17.2 Å². The second-order valence-corrected chi connectivity index (χ2v) is 8.18. The number of thioether (sulfide) groups is 1. The van der Waals surface area contributed by atoms with Crippen molar-refractivity contribution in [2.45, 2.75) is 31.1 Å². The number of nitrogens with one attached hydrogen (secondary N) is 2. The molecule has 0 saturated carbocycles. The van der Waals surface area contributed by atoms with Gasteiger partial charge < -0.3 is 15.2 Å². The summed E-state index contributed by atoms with van der Waals surface area (Å²) in [6.07, 6.45) is 1.72. The van der Waals surface area contributed by atoms with Crippen molar-refractivity contribution in [3.63, 3.8) is 0 Å². The number of hydrogen-bond donors (Lipinski definition) is 3. The fourth-order valence-electron chi connectivity index (χ4n) is 3.38. The normalized spacial score (nSPS) is 14.3. The van der Waals surface area contributed by atoms with Gasteiger partial charge in [-0.2, -0.15) is 0 Å². The zero-order valence-electron chi connectivity index (χ0n) is 17.0. The fourth-order valence-corrected chi connectivity index (χ4v) is 4.32. The smallest absolute Gasteiger partial charge is 0.341 e. The van der Waals surface area contributed by atoms with Gasteiger partial charge in [0.05, 0.1) is 11.3 Å². The van der Waals surface area contributed by atoms with Gasteiger partial charge in [0.25, 0.3) is 6.17 Å². The van der Waals surface area contributed by atoms with Crippen LogP contribution >= 0.6 is 11.8 Å². The predicted molar refractivity (Wildman–Crippen MR) is 117 cm³/mol. The Balaban J connectivity index is 1.73. The number of benzene rings is 2. The average molecular weight is 440 g/mol. The van der Waals surface area contributed by atoms with Crippen LogP contribution in [0.25, 0.3) is 11.3 Å². The monoisotopic (exact) mass is 439 g/mol. The van der Waals surface area contributed by atoms with Gasteiger partial charge >= 0.3 is 17.2 Å². The first kappa shape index (κ1) is 20.9. The molecule has 160 valence electrons. The summed E-state index contributed by atoms with van der Waals surface area (Å²) in [7, 11) is 0. The molecule has 1 aliphatic rings. The lowest BCUT2D eigenvalue weighted by molar-refractivity contribution is -0.759. The van der Waals surface area contributed by atoms with Crippen molar-refractivity contribution in [3.8, 4) is 17.0 Å². The lowest BCUT2D eigenvalue weighted by Gasteiger charge is -2.22. The van der Waals surface area contributed by atoms with Crippen molar-refractivity contribution in [2.75, 3.05) is 17.7 Å². The number of para-hydroxylation sites is 1.